The molecule has 0 aliphatic rings. The number of ether oxygens (including phenoxy) is 1. The highest BCUT2D eigenvalue weighted by Gasteiger charge is 2.15. The number of rotatable bonds is 7. The van der Waals surface area contributed by atoms with Gasteiger partial charge in [-0.15, -0.1) is 0 Å². The van der Waals surface area contributed by atoms with E-state index in [-0.39, 0.29) is 25.0 Å². The zero-order valence-electron chi connectivity index (χ0n) is 14.6. The van der Waals surface area contributed by atoms with Crippen molar-refractivity contribution in [3.63, 3.8) is 0 Å². The summed E-state index contributed by atoms with van der Waals surface area (Å²) in [4.78, 5) is 25.6. The summed E-state index contributed by atoms with van der Waals surface area (Å²) in [5.41, 5.74) is 1.79. The van der Waals surface area contributed by atoms with Crippen LogP contribution in [0.15, 0.2) is 42.5 Å². The minimum absolute atomic E-state index is 0.0729. The molecule has 2 rings (SSSR count). The van der Waals surface area contributed by atoms with Crippen molar-refractivity contribution < 1.29 is 14.3 Å². The van der Waals surface area contributed by atoms with E-state index in [9.17, 15) is 9.59 Å². The molecule has 0 fully saturated rings. The molecule has 0 unspecified atom stereocenters. The number of carbonyl (C=O) groups excluding carboxylic acids is 2. The zero-order chi connectivity index (χ0) is 19.1. The van der Waals surface area contributed by atoms with Gasteiger partial charge in [-0.25, -0.2) is 0 Å². The van der Waals surface area contributed by atoms with Crippen molar-refractivity contribution in [2.75, 3.05) is 25.5 Å². The average Bonchev–Trinajstić information content (AvgIpc) is 2.59. The summed E-state index contributed by atoms with van der Waals surface area (Å²) in [5.74, 6) is -0.210. The van der Waals surface area contributed by atoms with E-state index in [4.69, 9.17) is 27.9 Å². The SMILES string of the molecule is CCc1ccccc1NC(=O)CN(C)C(=O)COc1cc(Cl)cc(Cl)c1. The predicted octanol–water partition coefficient (Wildman–Crippen LogP) is 4.03. The lowest BCUT2D eigenvalue weighted by atomic mass is 10.1. The molecule has 0 saturated heterocycles. The molecule has 7 heteroatoms. The number of likely N-dealkylation sites (N-methyl/N-ethyl adjacent to an activating group) is 1. The normalized spacial score (nSPS) is 10.3. The molecule has 0 spiro atoms. The van der Waals surface area contributed by atoms with Crippen LogP contribution in [0, 0.1) is 0 Å². The van der Waals surface area contributed by atoms with Crippen LogP contribution >= 0.6 is 23.2 Å². The number of nitrogens with zero attached hydrogens (tertiary/aromatic N) is 1. The van der Waals surface area contributed by atoms with E-state index in [1.165, 1.54) is 4.90 Å². The number of nitrogens with one attached hydrogen (secondary N) is 1. The standard InChI is InChI=1S/C19H20Cl2N2O3/c1-3-13-6-4-5-7-17(13)22-18(24)11-23(2)19(25)12-26-16-9-14(20)8-15(21)10-16/h4-10H,3,11-12H2,1-2H3,(H,22,24). The van der Waals surface area contributed by atoms with E-state index in [2.05, 4.69) is 5.32 Å². The van der Waals surface area contributed by atoms with E-state index in [0.29, 0.717) is 15.8 Å². The van der Waals surface area contributed by atoms with Gasteiger partial charge in [0.2, 0.25) is 5.91 Å². The maximum Gasteiger partial charge on any atom is 0.260 e. The van der Waals surface area contributed by atoms with Crippen LogP contribution in [0.2, 0.25) is 10.0 Å². The van der Waals surface area contributed by atoms with Crippen LogP contribution in [0.25, 0.3) is 0 Å². The Balaban J connectivity index is 1.87. The molecule has 5 nitrogen and oxygen atoms in total. The Bertz CT molecular complexity index is 776. The molecule has 1 N–H and O–H groups in total. The molecule has 0 bridgehead atoms. The van der Waals surface area contributed by atoms with Crippen molar-refractivity contribution in [2.24, 2.45) is 0 Å². The van der Waals surface area contributed by atoms with Gasteiger partial charge < -0.3 is 15.0 Å². The Morgan fingerprint density at radius 1 is 1.12 bits per heavy atom. The van der Waals surface area contributed by atoms with Crippen LogP contribution in [-0.4, -0.2) is 36.9 Å². The maximum atomic E-state index is 12.2. The topological polar surface area (TPSA) is 58.6 Å². The van der Waals surface area contributed by atoms with Gasteiger partial charge in [-0.2, -0.15) is 0 Å². The number of aryl methyl sites for hydroxylation is 1. The van der Waals surface area contributed by atoms with Crippen molar-refractivity contribution in [3.8, 4) is 5.75 Å². The van der Waals surface area contributed by atoms with Gasteiger partial charge in [-0.05, 0) is 36.2 Å². The second-order valence-corrected chi connectivity index (χ2v) is 6.58. The molecular weight excluding hydrogens is 375 g/mol. The van der Waals surface area contributed by atoms with Crippen LogP contribution in [0.4, 0.5) is 5.69 Å². The van der Waals surface area contributed by atoms with Gasteiger partial charge in [0.15, 0.2) is 6.61 Å². The molecule has 2 amide bonds. The third-order valence-corrected chi connectivity index (χ3v) is 4.11. The van der Waals surface area contributed by atoms with Crippen molar-refractivity contribution in [1.29, 1.82) is 0 Å². The lowest BCUT2D eigenvalue weighted by Gasteiger charge is -2.18. The largest absolute Gasteiger partial charge is 0.484 e. The van der Waals surface area contributed by atoms with Crippen LogP contribution in [0.3, 0.4) is 0 Å². The molecule has 0 aliphatic heterocycles. The smallest absolute Gasteiger partial charge is 0.260 e. The lowest BCUT2D eigenvalue weighted by molar-refractivity contribution is -0.135. The number of anilines is 1. The first-order valence-corrected chi connectivity index (χ1v) is 8.85. The Labute approximate surface area is 162 Å². The fourth-order valence-electron chi connectivity index (χ4n) is 2.31. The van der Waals surface area contributed by atoms with E-state index in [1.54, 1.807) is 25.2 Å². The molecule has 0 saturated carbocycles. The quantitative estimate of drug-likeness (QED) is 0.770. The highest BCUT2D eigenvalue weighted by molar-refractivity contribution is 6.34. The summed E-state index contributed by atoms with van der Waals surface area (Å²) in [6, 6.07) is 12.3. The first-order valence-electron chi connectivity index (χ1n) is 8.09. The first-order chi connectivity index (χ1) is 12.4. The number of hydrogen-bond acceptors (Lipinski definition) is 3. The fourth-order valence-corrected chi connectivity index (χ4v) is 2.82. The van der Waals surface area contributed by atoms with Gasteiger partial charge in [0, 0.05) is 22.8 Å². The summed E-state index contributed by atoms with van der Waals surface area (Å²) in [5, 5.41) is 3.66. The number of hydrogen-bond donors (Lipinski definition) is 1. The summed E-state index contributed by atoms with van der Waals surface area (Å²) in [6.45, 7) is 1.72. The third-order valence-electron chi connectivity index (χ3n) is 3.68. The van der Waals surface area contributed by atoms with Crippen molar-refractivity contribution >= 4 is 40.7 Å². The highest BCUT2D eigenvalue weighted by atomic mass is 35.5. The number of para-hydroxylation sites is 1. The van der Waals surface area contributed by atoms with Crippen LogP contribution in [0.1, 0.15) is 12.5 Å². The van der Waals surface area contributed by atoms with Crippen molar-refractivity contribution in [1.82, 2.24) is 4.90 Å². The molecular formula is C19H20Cl2N2O3. The molecule has 26 heavy (non-hydrogen) atoms. The Hall–Kier alpha value is -2.24. The Morgan fingerprint density at radius 3 is 2.42 bits per heavy atom. The highest BCUT2D eigenvalue weighted by Crippen LogP contribution is 2.24. The number of halogens is 2. The number of amides is 2. The molecule has 0 atom stereocenters. The summed E-state index contributed by atoms with van der Waals surface area (Å²) in [6.07, 6.45) is 0.807. The maximum absolute atomic E-state index is 12.2. The van der Waals surface area contributed by atoms with Crippen molar-refractivity contribution in [3.05, 3.63) is 58.1 Å². The minimum Gasteiger partial charge on any atom is -0.484 e. The van der Waals surface area contributed by atoms with Gasteiger partial charge in [0.1, 0.15) is 5.75 Å². The van der Waals surface area contributed by atoms with Gasteiger partial charge >= 0.3 is 0 Å². The number of carbonyl (C=O) groups is 2. The Kier molecular flexibility index (Phi) is 7.30. The van der Waals surface area contributed by atoms with Gasteiger partial charge in [0.25, 0.3) is 5.91 Å². The van der Waals surface area contributed by atoms with E-state index < -0.39 is 0 Å². The summed E-state index contributed by atoms with van der Waals surface area (Å²) < 4.78 is 5.40. The van der Waals surface area contributed by atoms with Crippen molar-refractivity contribution in [2.45, 2.75) is 13.3 Å². The fraction of sp³-hybridized carbons (Fsp3) is 0.263. The summed E-state index contributed by atoms with van der Waals surface area (Å²) in [7, 11) is 1.54. The second-order valence-electron chi connectivity index (χ2n) is 5.70. The van der Waals surface area contributed by atoms with Gasteiger partial charge in [-0.3, -0.25) is 9.59 Å². The van der Waals surface area contributed by atoms with Gasteiger partial charge in [0.05, 0.1) is 6.54 Å². The van der Waals surface area contributed by atoms with Gasteiger partial charge in [-0.1, -0.05) is 48.3 Å². The second kappa shape index (κ2) is 9.46. The van der Waals surface area contributed by atoms with Crippen LogP contribution < -0.4 is 10.1 Å². The van der Waals surface area contributed by atoms with Crippen LogP contribution in [-0.2, 0) is 16.0 Å². The molecule has 0 radical (unpaired) electrons. The monoisotopic (exact) mass is 394 g/mol. The third kappa shape index (κ3) is 5.93. The average molecular weight is 395 g/mol. The van der Waals surface area contributed by atoms with E-state index in [1.807, 2.05) is 31.2 Å². The molecule has 138 valence electrons. The molecule has 0 aromatic heterocycles. The molecule has 0 heterocycles. The first kappa shape index (κ1) is 20.1. The number of benzene rings is 2. The summed E-state index contributed by atoms with van der Waals surface area (Å²) >= 11 is 11.8. The van der Waals surface area contributed by atoms with Crippen LogP contribution in [0.5, 0.6) is 5.75 Å². The predicted molar refractivity (Wildman–Crippen MR) is 104 cm³/mol. The molecule has 2 aromatic carbocycles. The Morgan fingerprint density at radius 2 is 1.77 bits per heavy atom. The molecule has 2 aromatic rings. The lowest BCUT2D eigenvalue weighted by Crippen LogP contribution is -2.37. The molecule has 0 aliphatic carbocycles. The van der Waals surface area contributed by atoms with E-state index >= 15 is 0 Å². The van der Waals surface area contributed by atoms with E-state index in [0.717, 1.165) is 17.7 Å². The zero-order valence-corrected chi connectivity index (χ0v) is 16.1. The minimum atomic E-state index is -0.333.